The monoisotopic (exact) mass is 282 g/mol. The summed E-state index contributed by atoms with van der Waals surface area (Å²) in [7, 11) is -6.13. The van der Waals surface area contributed by atoms with Gasteiger partial charge < -0.3 is 4.74 Å². The number of hydrogen-bond acceptors (Lipinski definition) is 3. The lowest BCUT2D eigenvalue weighted by Crippen LogP contribution is -2.46. The maximum absolute atomic E-state index is 12.9. The van der Waals surface area contributed by atoms with Crippen molar-refractivity contribution in [1.82, 2.24) is 0 Å². The molecule has 0 atom stereocenters. The number of ether oxygens (including phenoxy) is 1. The molecular weight excluding hydrogens is 268 g/mol. The van der Waals surface area contributed by atoms with Crippen molar-refractivity contribution in [3.05, 3.63) is 0 Å². The molecule has 104 valence electrons. The molecule has 0 fully saturated rings. The Morgan fingerprint density at radius 2 is 1.71 bits per heavy atom. The molecule has 0 bridgehead atoms. The second-order valence-electron chi connectivity index (χ2n) is 3.41. The SMILES string of the molecule is CCCOCCCC(F)(F)C(F)(F)S(=O)(=O)O. The van der Waals surface area contributed by atoms with Gasteiger partial charge in [0.25, 0.3) is 0 Å². The van der Waals surface area contributed by atoms with Crippen LogP contribution in [0.3, 0.4) is 0 Å². The van der Waals surface area contributed by atoms with Crippen molar-refractivity contribution in [3.8, 4) is 0 Å². The van der Waals surface area contributed by atoms with E-state index in [-0.39, 0.29) is 6.61 Å². The first-order valence-corrected chi connectivity index (χ1v) is 6.30. The summed E-state index contributed by atoms with van der Waals surface area (Å²) in [4.78, 5) is 0. The normalized spacial score (nSPS) is 14.0. The molecule has 0 aromatic carbocycles. The molecule has 0 aliphatic carbocycles. The van der Waals surface area contributed by atoms with Crippen molar-refractivity contribution in [1.29, 1.82) is 0 Å². The predicted molar refractivity (Wildman–Crippen MR) is 51.8 cm³/mol. The topological polar surface area (TPSA) is 63.6 Å². The van der Waals surface area contributed by atoms with E-state index in [1.165, 1.54) is 0 Å². The van der Waals surface area contributed by atoms with Gasteiger partial charge in [-0.15, -0.1) is 0 Å². The van der Waals surface area contributed by atoms with Crippen LogP contribution in [-0.2, 0) is 14.9 Å². The molecule has 0 rings (SSSR count). The maximum Gasteiger partial charge on any atom is 0.431 e. The Bertz CT molecular complexity index is 328. The lowest BCUT2D eigenvalue weighted by atomic mass is 10.2. The van der Waals surface area contributed by atoms with Gasteiger partial charge in [0.1, 0.15) is 0 Å². The van der Waals surface area contributed by atoms with Gasteiger partial charge in [-0.25, -0.2) is 0 Å². The van der Waals surface area contributed by atoms with E-state index < -0.39 is 34.1 Å². The molecule has 0 aromatic rings. The zero-order valence-corrected chi connectivity index (χ0v) is 9.94. The van der Waals surface area contributed by atoms with E-state index in [4.69, 9.17) is 9.29 Å². The lowest BCUT2D eigenvalue weighted by Gasteiger charge is -2.23. The molecule has 0 aliphatic rings. The van der Waals surface area contributed by atoms with Crippen LogP contribution in [0.15, 0.2) is 0 Å². The quantitative estimate of drug-likeness (QED) is 0.421. The van der Waals surface area contributed by atoms with Crippen LogP contribution in [0.4, 0.5) is 17.6 Å². The Labute approximate surface area is 96.7 Å². The third-order valence-electron chi connectivity index (χ3n) is 1.88. The highest BCUT2D eigenvalue weighted by molar-refractivity contribution is 7.87. The van der Waals surface area contributed by atoms with Crippen molar-refractivity contribution >= 4 is 10.1 Å². The molecule has 4 nitrogen and oxygen atoms in total. The van der Waals surface area contributed by atoms with Crippen LogP contribution < -0.4 is 0 Å². The molecule has 0 radical (unpaired) electrons. The van der Waals surface area contributed by atoms with Crippen LogP contribution in [0, 0.1) is 0 Å². The Kier molecular flexibility index (Phi) is 5.82. The van der Waals surface area contributed by atoms with Gasteiger partial charge in [0.15, 0.2) is 0 Å². The highest BCUT2D eigenvalue weighted by Crippen LogP contribution is 2.41. The van der Waals surface area contributed by atoms with Crippen LogP contribution in [0.1, 0.15) is 26.2 Å². The fourth-order valence-electron chi connectivity index (χ4n) is 0.977. The second kappa shape index (κ2) is 5.96. The molecule has 0 saturated carbocycles. The van der Waals surface area contributed by atoms with Gasteiger partial charge in [-0.2, -0.15) is 26.0 Å². The molecule has 0 heterocycles. The molecule has 0 unspecified atom stereocenters. The summed E-state index contributed by atoms with van der Waals surface area (Å²) >= 11 is 0. The molecule has 0 spiro atoms. The van der Waals surface area contributed by atoms with Crippen LogP contribution in [0.5, 0.6) is 0 Å². The van der Waals surface area contributed by atoms with E-state index in [0.29, 0.717) is 13.0 Å². The van der Waals surface area contributed by atoms with E-state index in [9.17, 15) is 26.0 Å². The Balaban J connectivity index is 4.38. The van der Waals surface area contributed by atoms with Gasteiger partial charge in [-0.05, 0) is 12.8 Å². The van der Waals surface area contributed by atoms with Crippen LogP contribution in [0.25, 0.3) is 0 Å². The number of hydrogen-bond donors (Lipinski definition) is 1. The minimum Gasteiger partial charge on any atom is -0.381 e. The Morgan fingerprint density at radius 1 is 1.18 bits per heavy atom. The summed E-state index contributed by atoms with van der Waals surface area (Å²) in [6, 6.07) is 0. The van der Waals surface area contributed by atoms with Crippen molar-refractivity contribution in [2.75, 3.05) is 13.2 Å². The molecule has 1 N–H and O–H groups in total. The second-order valence-corrected chi connectivity index (χ2v) is 4.88. The van der Waals surface area contributed by atoms with Gasteiger partial charge in [0.2, 0.25) is 0 Å². The molecule has 0 aliphatic heterocycles. The lowest BCUT2D eigenvalue weighted by molar-refractivity contribution is -0.166. The first kappa shape index (κ1) is 16.6. The minimum atomic E-state index is -6.13. The molecule has 0 aromatic heterocycles. The summed E-state index contributed by atoms with van der Waals surface area (Å²) in [5.74, 6) is -4.82. The number of alkyl halides is 4. The van der Waals surface area contributed by atoms with Crippen LogP contribution >= 0.6 is 0 Å². The van der Waals surface area contributed by atoms with Crippen LogP contribution in [0.2, 0.25) is 0 Å². The first-order chi connectivity index (χ1) is 7.56. The Hall–Kier alpha value is -0.410. The van der Waals surface area contributed by atoms with Gasteiger partial charge in [0, 0.05) is 19.6 Å². The number of rotatable bonds is 8. The first-order valence-electron chi connectivity index (χ1n) is 4.86. The predicted octanol–water partition coefficient (Wildman–Crippen LogP) is 2.31. The average Bonchev–Trinajstić information content (AvgIpc) is 2.15. The summed E-state index contributed by atoms with van der Waals surface area (Å²) < 4.78 is 84.1. The van der Waals surface area contributed by atoms with Gasteiger partial charge in [-0.3, -0.25) is 4.55 Å². The van der Waals surface area contributed by atoms with Crippen molar-refractivity contribution < 1.29 is 35.3 Å². The smallest absolute Gasteiger partial charge is 0.381 e. The van der Waals surface area contributed by atoms with Gasteiger partial charge in [-0.1, -0.05) is 6.92 Å². The zero-order valence-electron chi connectivity index (χ0n) is 9.13. The van der Waals surface area contributed by atoms with E-state index in [1.54, 1.807) is 6.92 Å². The third-order valence-corrected chi connectivity index (χ3v) is 2.82. The van der Waals surface area contributed by atoms with Gasteiger partial charge in [0.05, 0.1) is 0 Å². The highest BCUT2D eigenvalue weighted by atomic mass is 32.2. The average molecular weight is 282 g/mol. The molecule has 0 saturated heterocycles. The molecular formula is C8H14F4O4S. The maximum atomic E-state index is 12.9. The Morgan fingerprint density at radius 3 is 2.12 bits per heavy atom. The van der Waals surface area contributed by atoms with Crippen LogP contribution in [-0.4, -0.2) is 37.4 Å². The van der Waals surface area contributed by atoms with Gasteiger partial charge >= 0.3 is 21.3 Å². The largest absolute Gasteiger partial charge is 0.431 e. The molecule has 17 heavy (non-hydrogen) atoms. The van der Waals surface area contributed by atoms with Crippen molar-refractivity contribution in [2.45, 2.75) is 37.4 Å². The van der Waals surface area contributed by atoms with Crippen molar-refractivity contribution in [2.24, 2.45) is 0 Å². The standard InChI is InChI=1S/C8H14F4O4S/c1-2-5-16-6-3-4-7(9,10)8(11,12)17(13,14)15/h2-6H2,1H3,(H,13,14,15). The summed E-state index contributed by atoms with van der Waals surface area (Å²) in [5.41, 5.74) is 0. The minimum absolute atomic E-state index is 0.176. The fourth-order valence-corrected chi connectivity index (χ4v) is 1.46. The number of halogens is 4. The fraction of sp³-hybridized carbons (Fsp3) is 1.00. The summed E-state index contributed by atoms with van der Waals surface area (Å²) in [6.07, 6.45) is -1.17. The zero-order chi connectivity index (χ0) is 13.7. The van der Waals surface area contributed by atoms with Crippen molar-refractivity contribution in [3.63, 3.8) is 0 Å². The van der Waals surface area contributed by atoms with E-state index >= 15 is 0 Å². The van der Waals surface area contributed by atoms with E-state index in [2.05, 4.69) is 0 Å². The molecule has 0 amide bonds. The molecule has 9 heteroatoms. The summed E-state index contributed by atoms with van der Waals surface area (Å²) in [5, 5.41) is -5.48. The van der Waals surface area contributed by atoms with E-state index in [1.807, 2.05) is 0 Å². The summed E-state index contributed by atoms with van der Waals surface area (Å²) in [6.45, 7) is 1.91. The highest BCUT2D eigenvalue weighted by Gasteiger charge is 2.64. The van der Waals surface area contributed by atoms with E-state index in [0.717, 1.165) is 0 Å². The third kappa shape index (κ3) is 4.40.